The number of nitrogens with zero attached hydrogens (tertiary/aromatic N) is 10. The molecule has 2 aliphatic rings. The van der Waals surface area contributed by atoms with E-state index in [-0.39, 0.29) is 39.8 Å². The molecule has 4 aromatic heterocycles. The highest BCUT2D eigenvalue weighted by molar-refractivity contribution is 5.84. The molecule has 2 aliphatic heterocycles. The molecule has 10 N–H and O–H groups in total. The highest BCUT2D eigenvalue weighted by Crippen LogP contribution is 2.44. The zero-order chi connectivity index (χ0) is 34.0. The van der Waals surface area contributed by atoms with Crippen LogP contribution in [-0.2, 0) is 27.6 Å². The Morgan fingerprint density at radius 3 is 1.81 bits per heavy atom. The first-order chi connectivity index (χ1) is 23.1. The Kier molecular flexibility index (Phi) is 7.76. The van der Waals surface area contributed by atoms with Crippen molar-refractivity contribution < 1.29 is 40.1 Å². The van der Waals surface area contributed by atoms with Gasteiger partial charge < -0.3 is 51.6 Å². The third kappa shape index (κ3) is 4.61. The van der Waals surface area contributed by atoms with Crippen molar-refractivity contribution >= 4 is 34.0 Å². The summed E-state index contributed by atoms with van der Waals surface area (Å²) in [6.45, 7) is 0.539. The standard InChI is InChI=1S/C28H32N12O8/c1-2-12-3-5-13(6-4-12)24-35-23(30)17-26(36-24)40(11-34-17)28(21(46)19(44)15(8-42)48-28)38-37-27(20(45)18(43)14(7-41)47-27)39-10-33-16-22(29)31-9-32-25(16)39/h3-6,9-11,14-15,18-21,41-46H,2,7-8H2,1H3,(H2,29,31,32)(H2,30,35,36)/t14-,15-,18-,19-,20-,21-,27+,28+/m1/s1. The minimum Gasteiger partial charge on any atom is -0.394 e. The maximum Gasteiger partial charge on any atom is 0.294 e. The van der Waals surface area contributed by atoms with Crippen LogP contribution in [0.2, 0.25) is 0 Å². The van der Waals surface area contributed by atoms with Crippen molar-refractivity contribution in [2.24, 2.45) is 10.2 Å². The van der Waals surface area contributed by atoms with Gasteiger partial charge in [0, 0.05) is 5.56 Å². The number of aliphatic hydroxyl groups excluding tert-OH is 6. The molecule has 20 nitrogen and oxygen atoms in total. The number of aliphatic hydroxyl groups is 6. The molecule has 0 unspecified atom stereocenters. The summed E-state index contributed by atoms with van der Waals surface area (Å²) in [6, 6.07) is 7.46. The van der Waals surface area contributed by atoms with Crippen molar-refractivity contribution in [3.05, 3.63) is 48.8 Å². The largest absolute Gasteiger partial charge is 0.394 e. The highest BCUT2D eigenvalue weighted by atomic mass is 16.6. The number of hydrogen-bond acceptors (Lipinski definition) is 18. The van der Waals surface area contributed by atoms with Gasteiger partial charge in [-0.05, 0) is 12.0 Å². The smallest absolute Gasteiger partial charge is 0.294 e. The Morgan fingerprint density at radius 2 is 1.29 bits per heavy atom. The molecule has 8 atom stereocenters. The van der Waals surface area contributed by atoms with E-state index in [0.29, 0.717) is 5.56 Å². The quantitative estimate of drug-likeness (QED) is 0.0828. The number of anilines is 2. The van der Waals surface area contributed by atoms with Crippen molar-refractivity contribution in [2.45, 2.75) is 61.7 Å². The molecule has 0 amide bonds. The minimum atomic E-state index is -2.44. The molecule has 0 radical (unpaired) electrons. The molecule has 1 aromatic carbocycles. The Labute approximate surface area is 270 Å². The van der Waals surface area contributed by atoms with E-state index in [1.807, 2.05) is 31.2 Å². The topological polar surface area (TPSA) is 304 Å². The van der Waals surface area contributed by atoms with Gasteiger partial charge in [0.1, 0.15) is 54.4 Å². The van der Waals surface area contributed by atoms with E-state index >= 15 is 0 Å². The van der Waals surface area contributed by atoms with Crippen molar-refractivity contribution in [1.29, 1.82) is 0 Å². The molecule has 2 saturated heterocycles. The fourth-order valence-electron chi connectivity index (χ4n) is 5.93. The Balaban J connectivity index is 1.44. The van der Waals surface area contributed by atoms with Crippen LogP contribution < -0.4 is 11.5 Å². The summed E-state index contributed by atoms with van der Waals surface area (Å²) >= 11 is 0. The number of hydrogen-bond donors (Lipinski definition) is 8. The number of imidazole rings is 2. The molecule has 5 aromatic rings. The summed E-state index contributed by atoms with van der Waals surface area (Å²) in [5.74, 6) is -4.68. The van der Waals surface area contributed by atoms with E-state index < -0.39 is 61.5 Å². The first kappa shape index (κ1) is 31.8. The van der Waals surface area contributed by atoms with Crippen LogP contribution in [0.15, 0.2) is 53.5 Å². The molecule has 0 spiro atoms. The van der Waals surface area contributed by atoms with E-state index in [2.05, 4.69) is 40.1 Å². The van der Waals surface area contributed by atoms with Crippen LogP contribution in [0.5, 0.6) is 0 Å². The van der Waals surface area contributed by atoms with Crippen LogP contribution in [0.3, 0.4) is 0 Å². The normalized spacial score (nSPS) is 30.7. The monoisotopic (exact) mass is 664 g/mol. The van der Waals surface area contributed by atoms with Gasteiger partial charge in [-0.3, -0.25) is 9.13 Å². The molecule has 0 bridgehead atoms. The van der Waals surface area contributed by atoms with Crippen LogP contribution in [0.4, 0.5) is 11.6 Å². The van der Waals surface area contributed by atoms with Crippen LogP contribution in [0, 0.1) is 0 Å². The Morgan fingerprint density at radius 1 is 0.750 bits per heavy atom. The summed E-state index contributed by atoms with van der Waals surface area (Å²) in [5, 5.41) is 73.4. The number of aryl methyl sites for hydroxylation is 1. The zero-order valence-electron chi connectivity index (χ0n) is 25.3. The molecule has 252 valence electrons. The fraction of sp³-hybridized carbons (Fsp3) is 0.429. The second kappa shape index (κ2) is 11.7. The van der Waals surface area contributed by atoms with Crippen molar-refractivity contribution in [3.63, 3.8) is 0 Å². The lowest BCUT2D eigenvalue weighted by atomic mass is 10.1. The molecule has 48 heavy (non-hydrogen) atoms. The second-order valence-electron chi connectivity index (χ2n) is 11.4. The fourth-order valence-corrected chi connectivity index (χ4v) is 5.93. The molecular weight excluding hydrogens is 632 g/mol. The summed E-state index contributed by atoms with van der Waals surface area (Å²) in [5.41, 5.74) is 14.2. The van der Waals surface area contributed by atoms with Gasteiger partial charge >= 0.3 is 0 Å². The SMILES string of the molecule is CCc1ccc(-c2nc(N)c3ncn([C@]4(N=N[C@@]5(n6cnc7c(N)ncnc76)O[C@H](CO)[C@@H](O)[C@H]5O)O[C@H](CO)[C@@H](O)[C@H]4O)c3n2)cc1. The molecule has 20 heteroatoms. The predicted molar refractivity (Wildman–Crippen MR) is 163 cm³/mol. The van der Waals surface area contributed by atoms with E-state index in [1.54, 1.807) is 0 Å². The van der Waals surface area contributed by atoms with E-state index in [0.717, 1.165) is 33.8 Å². The highest BCUT2D eigenvalue weighted by Gasteiger charge is 2.61. The molecule has 2 fully saturated rings. The first-order valence-corrected chi connectivity index (χ1v) is 14.9. The number of benzene rings is 1. The predicted octanol–water partition coefficient (Wildman–Crippen LogP) is -2.04. The number of fused-ring (bicyclic) bond motifs is 2. The molecule has 0 aliphatic carbocycles. The second-order valence-corrected chi connectivity index (χ2v) is 11.4. The Hall–Kier alpha value is -4.80. The minimum absolute atomic E-state index is 0.00432. The van der Waals surface area contributed by atoms with Gasteiger partial charge in [0.2, 0.25) is 0 Å². The van der Waals surface area contributed by atoms with Crippen LogP contribution in [-0.4, -0.2) is 120 Å². The maximum atomic E-state index is 11.6. The molecular formula is C28H32N12O8. The summed E-state index contributed by atoms with van der Waals surface area (Å²) in [7, 11) is 0. The van der Waals surface area contributed by atoms with Gasteiger partial charge in [0.05, 0.1) is 13.2 Å². The zero-order valence-corrected chi connectivity index (χ0v) is 25.3. The third-order valence-corrected chi connectivity index (χ3v) is 8.62. The van der Waals surface area contributed by atoms with E-state index in [4.69, 9.17) is 20.9 Å². The van der Waals surface area contributed by atoms with Gasteiger partial charge in [-0.25, -0.2) is 29.9 Å². The third-order valence-electron chi connectivity index (χ3n) is 8.62. The first-order valence-electron chi connectivity index (χ1n) is 14.9. The number of rotatable bonds is 8. The maximum absolute atomic E-state index is 11.6. The lowest BCUT2D eigenvalue weighted by Crippen LogP contribution is -2.47. The molecule has 6 heterocycles. The summed E-state index contributed by atoms with van der Waals surface area (Å²) in [4.78, 5) is 25.6. The van der Waals surface area contributed by atoms with Crippen LogP contribution in [0.1, 0.15) is 12.5 Å². The van der Waals surface area contributed by atoms with Gasteiger partial charge in [0.15, 0.2) is 41.0 Å². The summed E-state index contributed by atoms with van der Waals surface area (Å²) < 4.78 is 14.2. The average Bonchev–Trinajstić information content (AvgIpc) is 3.85. The number of nitrogen functional groups attached to an aromatic ring is 2. The van der Waals surface area contributed by atoms with Crippen molar-refractivity contribution in [1.82, 2.24) is 39.0 Å². The number of aromatic nitrogens is 8. The number of ether oxygens (including phenoxy) is 2. The van der Waals surface area contributed by atoms with Crippen molar-refractivity contribution in [3.8, 4) is 11.4 Å². The van der Waals surface area contributed by atoms with Crippen LogP contribution >= 0.6 is 0 Å². The van der Waals surface area contributed by atoms with Crippen molar-refractivity contribution in [2.75, 3.05) is 24.7 Å². The van der Waals surface area contributed by atoms with Gasteiger partial charge in [-0.1, -0.05) is 31.2 Å². The average molecular weight is 665 g/mol. The van der Waals surface area contributed by atoms with Gasteiger partial charge in [-0.2, -0.15) is 0 Å². The van der Waals surface area contributed by atoms with Gasteiger partial charge in [0.25, 0.3) is 11.7 Å². The summed E-state index contributed by atoms with van der Waals surface area (Å²) in [6.07, 6.45) is -5.75. The van der Waals surface area contributed by atoms with Crippen LogP contribution in [0.25, 0.3) is 33.7 Å². The molecule has 7 rings (SSSR count). The van der Waals surface area contributed by atoms with E-state index in [9.17, 15) is 30.6 Å². The molecule has 0 saturated carbocycles. The van der Waals surface area contributed by atoms with Gasteiger partial charge in [-0.15, -0.1) is 10.2 Å². The van der Waals surface area contributed by atoms with E-state index in [1.165, 1.54) is 6.33 Å². The lowest BCUT2D eigenvalue weighted by Gasteiger charge is -2.32. The lowest BCUT2D eigenvalue weighted by molar-refractivity contribution is -0.171. The Bertz CT molecular complexity index is 2010. The number of nitrogens with two attached hydrogens (primary N) is 2. The number of azo groups is 1.